The van der Waals surface area contributed by atoms with Crippen LogP contribution in [0.5, 0.6) is 0 Å². The largest absolute Gasteiger partial charge is 0.481 e. The Hall–Kier alpha value is -1.23. The van der Waals surface area contributed by atoms with Crippen LogP contribution in [0.1, 0.15) is 29.6 Å². The molecule has 0 saturated carbocycles. The molecule has 0 radical (unpaired) electrons. The number of halogens is 2. The predicted molar refractivity (Wildman–Crippen MR) is 59.9 cm³/mol. The molecule has 0 aromatic heterocycles. The SMILES string of the molecule is O=C(O)CCCC(=O)c1cc(Br)ccc1F. The van der Waals surface area contributed by atoms with E-state index in [0.29, 0.717) is 4.47 Å². The van der Waals surface area contributed by atoms with Crippen molar-refractivity contribution in [2.24, 2.45) is 0 Å². The number of rotatable bonds is 5. The Morgan fingerprint density at radius 1 is 1.31 bits per heavy atom. The zero-order valence-electron chi connectivity index (χ0n) is 8.37. The van der Waals surface area contributed by atoms with E-state index in [9.17, 15) is 14.0 Å². The van der Waals surface area contributed by atoms with E-state index < -0.39 is 11.8 Å². The lowest BCUT2D eigenvalue weighted by Crippen LogP contribution is -2.04. The molecule has 0 atom stereocenters. The number of hydrogen-bond donors (Lipinski definition) is 1. The molecular weight excluding hydrogens is 279 g/mol. The highest BCUT2D eigenvalue weighted by molar-refractivity contribution is 9.10. The second-order valence-electron chi connectivity index (χ2n) is 3.29. The molecule has 0 aliphatic heterocycles. The lowest BCUT2D eigenvalue weighted by atomic mass is 10.1. The third-order valence-corrected chi connectivity index (χ3v) is 2.52. The van der Waals surface area contributed by atoms with Gasteiger partial charge in [-0.2, -0.15) is 0 Å². The third kappa shape index (κ3) is 3.73. The van der Waals surface area contributed by atoms with Gasteiger partial charge in [-0.1, -0.05) is 15.9 Å². The van der Waals surface area contributed by atoms with E-state index in [2.05, 4.69) is 15.9 Å². The van der Waals surface area contributed by atoms with Gasteiger partial charge < -0.3 is 5.11 Å². The zero-order valence-corrected chi connectivity index (χ0v) is 9.96. The molecule has 0 aliphatic carbocycles. The number of carboxylic acids is 1. The number of benzene rings is 1. The Morgan fingerprint density at radius 2 is 2.00 bits per heavy atom. The molecule has 0 aliphatic rings. The Balaban J connectivity index is 2.65. The Kier molecular flexibility index (Phi) is 4.61. The molecule has 86 valence electrons. The van der Waals surface area contributed by atoms with Gasteiger partial charge in [-0.15, -0.1) is 0 Å². The maximum atomic E-state index is 13.2. The topological polar surface area (TPSA) is 54.4 Å². The average molecular weight is 289 g/mol. The minimum absolute atomic E-state index is 0.000219. The van der Waals surface area contributed by atoms with Crippen LogP contribution in [0.2, 0.25) is 0 Å². The Labute approximate surface area is 100 Å². The molecule has 0 amide bonds. The van der Waals surface area contributed by atoms with Gasteiger partial charge in [0.15, 0.2) is 5.78 Å². The van der Waals surface area contributed by atoms with Crippen LogP contribution in [0.15, 0.2) is 22.7 Å². The highest BCUT2D eigenvalue weighted by Crippen LogP contribution is 2.17. The molecule has 1 rings (SSSR count). The fourth-order valence-electron chi connectivity index (χ4n) is 1.25. The Morgan fingerprint density at radius 3 is 2.62 bits per heavy atom. The van der Waals surface area contributed by atoms with Gasteiger partial charge in [0.1, 0.15) is 5.82 Å². The van der Waals surface area contributed by atoms with Crippen molar-refractivity contribution in [1.82, 2.24) is 0 Å². The van der Waals surface area contributed by atoms with Crippen LogP contribution < -0.4 is 0 Å². The van der Waals surface area contributed by atoms with Gasteiger partial charge in [-0.05, 0) is 24.6 Å². The van der Waals surface area contributed by atoms with Crippen LogP contribution in [0.25, 0.3) is 0 Å². The summed E-state index contributed by atoms with van der Waals surface area (Å²) in [6, 6.07) is 4.11. The summed E-state index contributed by atoms with van der Waals surface area (Å²) in [5.41, 5.74) is -0.000219. The smallest absolute Gasteiger partial charge is 0.303 e. The molecule has 1 N–H and O–H groups in total. The molecule has 0 unspecified atom stereocenters. The van der Waals surface area contributed by atoms with Gasteiger partial charge in [-0.25, -0.2) is 4.39 Å². The molecule has 0 bridgehead atoms. The molecular formula is C11H10BrFO3. The zero-order chi connectivity index (χ0) is 12.1. The van der Waals surface area contributed by atoms with E-state index in [-0.39, 0.29) is 30.6 Å². The minimum Gasteiger partial charge on any atom is -0.481 e. The first-order valence-electron chi connectivity index (χ1n) is 4.70. The molecule has 16 heavy (non-hydrogen) atoms. The molecule has 0 spiro atoms. The predicted octanol–water partition coefficient (Wildman–Crippen LogP) is 3.03. The number of hydrogen-bond acceptors (Lipinski definition) is 2. The van der Waals surface area contributed by atoms with E-state index in [1.54, 1.807) is 0 Å². The maximum absolute atomic E-state index is 13.2. The van der Waals surface area contributed by atoms with Gasteiger partial charge in [0, 0.05) is 17.3 Å². The summed E-state index contributed by atoms with van der Waals surface area (Å²) in [5, 5.41) is 8.40. The molecule has 3 nitrogen and oxygen atoms in total. The molecule has 5 heteroatoms. The van der Waals surface area contributed by atoms with Crippen LogP contribution in [0.3, 0.4) is 0 Å². The highest BCUT2D eigenvalue weighted by atomic mass is 79.9. The van der Waals surface area contributed by atoms with Crippen molar-refractivity contribution in [2.45, 2.75) is 19.3 Å². The van der Waals surface area contributed by atoms with Crippen molar-refractivity contribution < 1.29 is 19.1 Å². The standard InChI is InChI=1S/C11H10BrFO3/c12-7-4-5-9(13)8(6-7)10(14)2-1-3-11(15)16/h4-6H,1-3H2,(H,15,16). The molecule has 0 heterocycles. The van der Waals surface area contributed by atoms with Crippen LogP contribution in [-0.4, -0.2) is 16.9 Å². The number of carbonyl (C=O) groups excluding carboxylic acids is 1. The van der Waals surface area contributed by atoms with Gasteiger partial charge in [-0.3, -0.25) is 9.59 Å². The average Bonchev–Trinajstić information content (AvgIpc) is 2.21. The van der Waals surface area contributed by atoms with Crippen molar-refractivity contribution in [2.75, 3.05) is 0 Å². The van der Waals surface area contributed by atoms with Gasteiger partial charge in [0.25, 0.3) is 0 Å². The summed E-state index contributed by atoms with van der Waals surface area (Å²) in [7, 11) is 0. The van der Waals surface area contributed by atoms with Crippen molar-refractivity contribution in [3.05, 3.63) is 34.1 Å². The summed E-state index contributed by atoms with van der Waals surface area (Å²) in [5.74, 6) is -1.91. The van der Waals surface area contributed by atoms with E-state index in [0.717, 1.165) is 0 Å². The van der Waals surface area contributed by atoms with E-state index in [4.69, 9.17) is 5.11 Å². The van der Waals surface area contributed by atoms with Crippen LogP contribution in [-0.2, 0) is 4.79 Å². The minimum atomic E-state index is -0.956. The fraction of sp³-hybridized carbons (Fsp3) is 0.273. The van der Waals surface area contributed by atoms with E-state index >= 15 is 0 Å². The number of ketones is 1. The van der Waals surface area contributed by atoms with E-state index in [1.807, 2.05) is 0 Å². The molecule has 0 fully saturated rings. The number of carbonyl (C=O) groups is 2. The van der Waals surface area contributed by atoms with Gasteiger partial charge in [0.05, 0.1) is 5.56 Å². The highest BCUT2D eigenvalue weighted by Gasteiger charge is 2.12. The lowest BCUT2D eigenvalue weighted by molar-refractivity contribution is -0.137. The molecule has 0 saturated heterocycles. The second-order valence-corrected chi connectivity index (χ2v) is 4.21. The quantitative estimate of drug-likeness (QED) is 0.848. The number of carboxylic acid groups (broad SMARTS) is 1. The molecule has 1 aromatic rings. The van der Waals surface area contributed by atoms with Gasteiger partial charge in [0.2, 0.25) is 0 Å². The summed E-state index contributed by atoms with van der Waals surface area (Å²) in [4.78, 5) is 21.8. The monoisotopic (exact) mass is 288 g/mol. The maximum Gasteiger partial charge on any atom is 0.303 e. The number of Topliss-reactive ketones (excluding diaryl/α,β-unsaturated/α-hetero) is 1. The third-order valence-electron chi connectivity index (χ3n) is 2.02. The lowest BCUT2D eigenvalue weighted by Gasteiger charge is -2.02. The van der Waals surface area contributed by atoms with Crippen molar-refractivity contribution >= 4 is 27.7 Å². The summed E-state index contributed by atoms with van der Waals surface area (Å²) in [6.07, 6.45) is 0.182. The van der Waals surface area contributed by atoms with Crippen molar-refractivity contribution in [1.29, 1.82) is 0 Å². The Bertz CT molecular complexity index is 418. The number of aliphatic carboxylic acids is 1. The van der Waals surface area contributed by atoms with Gasteiger partial charge >= 0.3 is 5.97 Å². The van der Waals surface area contributed by atoms with Crippen LogP contribution in [0, 0.1) is 5.82 Å². The summed E-state index contributed by atoms with van der Waals surface area (Å²) < 4.78 is 13.9. The first-order valence-corrected chi connectivity index (χ1v) is 5.50. The van der Waals surface area contributed by atoms with Crippen molar-refractivity contribution in [3.8, 4) is 0 Å². The molecule has 1 aromatic carbocycles. The summed E-state index contributed by atoms with van der Waals surface area (Å²) in [6.45, 7) is 0. The second kappa shape index (κ2) is 5.75. The first-order chi connectivity index (χ1) is 7.50. The fourth-order valence-corrected chi connectivity index (χ4v) is 1.61. The van der Waals surface area contributed by atoms with Crippen LogP contribution in [0.4, 0.5) is 4.39 Å². The van der Waals surface area contributed by atoms with Crippen LogP contribution >= 0.6 is 15.9 Å². The summed E-state index contributed by atoms with van der Waals surface area (Å²) >= 11 is 3.14. The van der Waals surface area contributed by atoms with Crippen molar-refractivity contribution in [3.63, 3.8) is 0 Å². The normalized spacial score (nSPS) is 10.1. The van der Waals surface area contributed by atoms with E-state index in [1.165, 1.54) is 18.2 Å². The first kappa shape index (κ1) is 12.8.